The van der Waals surface area contributed by atoms with Gasteiger partial charge >= 0.3 is 5.69 Å². The van der Waals surface area contributed by atoms with E-state index in [9.17, 15) is 10.1 Å². The van der Waals surface area contributed by atoms with Crippen LogP contribution in [0, 0.1) is 10.1 Å². The van der Waals surface area contributed by atoms with Crippen molar-refractivity contribution >= 4 is 28.1 Å². The standard InChI is InChI=1S/C25H25N5O2/c1-29-11-5-8-21(29)12-19-16-26-23-10-9-20(14-22(19)23)28-25-24(30(31)32)13-18(15-27-25)17-6-3-2-4-7-17/h2-4,6-7,9-10,13-16,21,26H,5,8,11-12H2,1H3,(H,27,28). The van der Waals surface area contributed by atoms with Gasteiger partial charge in [0.1, 0.15) is 0 Å². The number of nitrogens with zero attached hydrogens (tertiary/aromatic N) is 3. The maximum atomic E-state index is 11.8. The number of benzene rings is 2. The van der Waals surface area contributed by atoms with E-state index in [0.717, 1.165) is 35.1 Å². The molecule has 32 heavy (non-hydrogen) atoms. The van der Waals surface area contributed by atoms with Crippen molar-refractivity contribution in [3.05, 3.63) is 82.7 Å². The molecule has 162 valence electrons. The first-order chi connectivity index (χ1) is 15.6. The molecule has 1 fully saturated rings. The lowest BCUT2D eigenvalue weighted by atomic mass is 10.0. The third-order valence-corrected chi connectivity index (χ3v) is 6.33. The van der Waals surface area contributed by atoms with Crippen molar-refractivity contribution in [2.45, 2.75) is 25.3 Å². The van der Waals surface area contributed by atoms with Crippen molar-refractivity contribution in [1.29, 1.82) is 0 Å². The number of aromatic amines is 1. The van der Waals surface area contributed by atoms with Crippen molar-refractivity contribution in [1.82, 2.24) is 14.9 Å². The summed E-state index contributed by atoms with van der Waals surface area (Å²) in [4.78, 5) is 21.5. The van der Waals surface area contributed by atoms with Crippen molar-refractivity contribution in [2.24, 2.45) is 0 Å². The van der Waals surface area contributed by atoms with Gasteiger partial charge in [-0.2, -0.15) is 0 Å². The summed E-state index contributed by atoms with van der Waals surface area (Å²) in [5.74, 6) is 0.238. The zero-order valence-corrected chi connectivity index (χ0v) is 17.9. The molecule has 0 aliphatic carbocycles. The summed E-state index contributed by atoms with van der Waals surface area (Å²) in [6.07, 6.45) is 7.19. The minimum Gasteiger partial charge on any atom is -0.361 e. The number of nitro groups is 1. The first kappa shape index (κ1) is 20.2. The number of fused-ring (bicyclic) bond motifs is 1. The molecule has 2 aromatic carbocycles. The van der Waals surface area contributed by atoms with Crippen LogP contribution in [0.25, 0.3) is 22.0 Å². The molecule has 1 aliphatic heterocycles. The van der Waals surface area contributed by atoms with Crippen LogP contribution >= 0.6 is 0 Å². The van der Waals surface area contributed by atoms with Crippen LogP contribution in [0.5, 0.6) is 0 Å². The number of hydrogen-bond acceptors (Lipinski definition) is 5. The summed E-state index contributed by atoms with van der Waals surface area (Å²) in [5.41, 5.74) is 4.67. The van der Waals surface area contributed by atoms with Crippen LogP contribution in [0.2, 0.25) is 0 Å². The molecule has 1 aliphatic rings. The first-order valence-electron chi connectivity index (χ1n) is 10.9. The van der Waals surface area contributed by atoms with Gasteiger partial charge in [0.05, 0.1) is 4.92 Å². The van der Waals surface area contributed by atoms with Gasteiger partial charge in [0, 0.05) is 46.7 Å². The fourth-order valence-electron chi connectivity index (χ4n) is 4.53. The fraction of sp³-hybridized carbons (Fsp3) is 0.240. The predicted molar refractivity (Wildman–Crippen MR) is 127 cm³/mol. The molecule has 5 rings (SSSR count). The Morgan fingerprint density at radius 2 is 2.03 bits per heavy atom. The van der Waals surface area contributed by atoms with Gasteiger partial charge in [0.25, 0.3) is 0 Å². The van der Waals surface area contributed by atoms with Crippen LogP contribution in [0.4, 0.5) is 17.2 Å². The minimum absolute atomic E-state index is 0.0478. The average molecular weight is 428 g/mol. The molecular weight excluding hydrogens is 402 g/mol. The normalized spacial score (nSPS) is 16.5. The molecule has 2 N–H and O–H groups in total. The molecule has 2 aromatic heterocycles. The van der Waals surface area contributed by atoms with Crippen LogP contribution in [-0.2, 0) is 6.42 Å². The largest absolute Gasteiger partial charge is 0.361 e. The molecule has 4 aromatic rings. The van der Waals surface area contributed by atoms with E-state index in [0.29, 0.717) is 11.6 Å². The van der Waals surface area contributed by atoms with Crippen molar-refractivity contribution in [2.75, 3.05) is 18.9 Å². The fourth-order valence-corrected chi connectivity index (χ4v) is 4.53. The Hall–Kier alpha value is -3.71. The maximum absolute atomic E-state index is 11.8. The number of aromatic nitrogens is 2. The highest BCUT2D eigenvalue weighted by molar-refractivity contribution is 5.87. The second-order valence-electron chi connectivity index (χ2n) is 8.39. The maximum Gasteiger partial charge on any atom is 0.312 e. The number of likely N-dealkylation sites (tertiary alicyclic amines) is 1. The molecule has 0 spiro atoms. The van der Waals surface area contributed by atoms with E-state index in [1.165, 1.54) is 18.4 Å². The zero-order valence-electron chi connectivity index (χ0n) is 17.9. The predicted octanol–water partition coefficient (Wildman–Crippen LogP) is 5.52. The molecule has 1 saturated heterocycles. The molecule has 0 bridgehead atoms. The number of H-pyrrole nitrogens is 1. The third-order valence-electron chi connectivity index (χ3n) is 6.33. The summed E-state index contributed by atoms with van der Waals surface area (Å²) in [7, 11) is 2.18. The molecule has 0 amide bonds. The Labute approximate surface area is 186 Å². The highest BCUT2D eigenvalue weighted by Crippen LogP contribution is 2.32. The SMILES string of the molecule is CN1CCCC1Cc1c[nH]c2ccc(Nc3ncc(-c4ccccc4)cc3[N+](=O)[O-])cc12. The van der Waals surface area contributed by atoms with Crippen LogP contribution in [0.1, 0.15) is 18.4 Å². The lowest BCUT2D eigenvalue weighted by Crippen LogP contribution is -2.26. The van der Waals surface area contributed by atoms with Gasteiger partial charge in [-0.05, 0) is 62.2 Å². The van der Waals surface area contributed by atoms with Crippen LogP contribution in [0.15, 0.2) is 67.0 Å². The van der Waals surface area contributed by atoms with E-state index in [-0.39, 0.29) is 11.5 Å². The summed E-state index contributed by atoms with van der Waals surface area (Å²) in [6.45, 7) is 1.15. The Kier molecular flexibility index (Phi) is 5.33. The average Bonchev–Trinajstić information content (AvgIpc) is 3.40. The van der Waals surface area contributed by atoms with E-state index in [4.69, 9.17) is 0 Å². The van der Waals surface area contributed by atoms with E-state index < -0.39 is 4.92 Å². The Balaban J connectivity index is 1.45. The number of rotatable bonds is 6. The number of likely N-dealkylation sites (N-methyl/N-ethyl adjacent to an activating group) is 1. The Bertz CT molecular complexity index is 1270. The summed E-state index contributed by atoms with van der Waals surface area (Å²) < 4.78 is 0. The van der Waals surface area contributed by atoms with Gasteiger partial charge in [-0.1, -0.05) is 30.3 Å². The minimum atomic E-state index is -0.391. The summed E-state index contributed by atoms with van der Waals surface area (Å²) in [6, 6.07) is 17.6. The highest BCUT2D eigenvalue weighted by Gasteiger charge is 2.22. The van der Waals surface area contributed by atoms with E-state index >= 15 is 0 Å². The lowest BCUT2D eigenvalue weighted by Gasteiger charge is -2.18. The number of pyridine rings is 1. The topological polar surface area (TPSA) is 87.1 Å². The van der Waals surface area contributed by atoms with E-state index in [1.807, 2.05) is 48.5 Å². The van der Waals surface area contributed by atoms with Crippen LogP contribution in [-0.4, -0.2) is 39.4 Å². The quantitative estimate of drug-likeness (QED) is 0.313. The van der Waals surface area contributed by atoms with Crippen LogP contribution < -0.4 is 5.32 Å². The zero-order chi connectivity index (χ0) is 22.1. The van der Waals surface area contributed by atoms with Gasteiger partial charge in [-0.15, -0.1) is 0 Å². The Morgan fingerprint density at radius 3 is 2.78 bits per heavy atom. The van der Waals surface area contributed by atoms with Crippen molar-refractivity contribution < 1.29 is 4.92 Å². The van der Waals surface area contributed by atoms with Gasteiger partial charge < -0.3 is 15.2 Å². The van der Waals surface area contributed by atoms with Crippen molar-refractivity contribution in [3.8, 4) is 11.1 Å². The molecule has 3 heterocycles. The molecular formula is C25H25N5O2. The van der Waals surface area contributed by atoms with E-state index in [1.54, 1.807) is 12.3 Å². The molecule has 0 saturated carbocycles. The summed E-state index contributed by atoms with van der Waals surface area (Å²) >= 11 is 0. The van der Waals surface area contributed by atoms with Crippen molar-refractivity contribution in [3.63, 3.8) is 0 Å². The second kappa shape index (κ2) is 8.43. The molecule has 0 radical (unpaired) electrons. The number of hydrogen-bond donors (Lipinski definition) is 2. The van der Waals surface area contributed by atoms with E-state index in [2.05, 4.69) is 33.4 Å². The van der Waals surface area contributed by atoms with Crippen LogP contribution in [0.3, 0.4) is 0 Å². The summed E-state index contributed by atoms with van der Waals surface area (Å²) in [5, 5.41) is 16.1. The molecule has 1 unspecified atom stereocenters. The van der Waals surface area contributed by atoms with Gasteiger partial charge in [0.15, 0.2) is 0 Å². The first-order valence-corrected chi connectivity index (χ1v) is 10.9. The molecule has 7 nitrogen and oxygen atoms in total. The van der Waals surface area contributed by atoms with Gasteiger partial charge in [0.2, 0.25) is 5.82 Å². The number of nitrogens with one attached hydrogen (secondary N) is 2. The monoisotopic (exact) mass is 427 g/mol. The van der Waals surface area contributed by atoms with Gasteiger partial charge in [-0.3, -0.25) is 10.1 Å². The van der Waals surface area contributed by atoms with Gasteiger partial charge in [-0.25, -0.2) is 4.98 Å². The third kappa shape index (κ3) is 3.94. The highest BCUT2D eigenvalue weighted by atomic mass is 16.6. The number of anilines is 2. The smallest absolute Gasteiger partial charge is 0.312 e. The second-order valence-corrected chi connectivity index (χ2v) is 8.39. The lowest BCUT2D eigenvalue weighted by molar-refractivity contribution is -0.384. The Morgan fingerprint density at radius 1 is 1.19 bits per heavy atom. The molecule has 1 atom stereocenters. The molecule has 7 heteroatoms.